The van der Waals surface area contributed by atoms with E-state index in [0.29, 0.717) is 5.69 Å². The number of hydrogen-bond donors (Lipinski definition) is 1. The summed E-state index contributed by atoms with van der Waals surface area (Å²) in [4.78, 5) is 11.9. The third-order valence-corrected chi connectivity index (χ3v) is 2.95. The van der Waals surface area contributed by atoms with Gasteiger partial charge in [0, 0.05) is 17.8 Å². The summed E-state index contributed by atoms with van der Waals surface area (Å²) in [5, 5.41) is 2.73. The van der Waals surface area contributed by atoms with Crippen molar-refractivity contribution in [1.29, 1.82) is 0 Å². The number of carbonyl (C=O) groups is 1. The molecule has 1 aromatic carbocycles. The van der Waals surface area contributed by atoms with Gasteiger partial charge in [0.15, 0.2) is 12.4 Å². The lowest BCUT2D eigenvalue weighted by Crippen LogP contribution is -2.39. The molecule has 0 fully saturated rings. The smallest absolute Gasteiger partial charge is 0.290 e. The zero-order valence-electron chi connectivity index (χ0n) is 11.5. The Kier molecular flexibility index (Phi) is 4.82. The molecule has 0 unspecified atom stereocenters. The van der Waals surface area contributed by atoms with Gasteiger partial charge in [0.1, 0.15) is 5.82 Å². The van der Waals surface area contributed by atoms with Crippen LogP contribution >= 0.6 is 0 Å². The van der Waals surface area contributed by atoms with Crippen LogP contribution in [0.5, 0.6) is 0 Å². The summed E-state index contributed by atoms with van der Waals surface area (Å²) in [6.07, 6.45) is 5.95. The molecule has 0 radical (unpaired) electrons. The van der Waals surface area contributed by atoms with E-state index in [-0.39, 0.29) is 18.3 Å². The van der Waals surface area contributed by atoms with E-state index in [9.17, 15) is 9.18 Å². The van der Waals surface area contributed by atoms with Gasteiger partial charge in [-0.15, -0.1) is 0 Å². The molecule has 0 atom stereocenters. The Balaban J connectivity index is 1.92. The van der Waals surface area contributed by atoms with E-state index in [2.05, 4.69) is 12.2 Å². The number of aryl methyl sites for hydroxylation is 1. The van der Waals surface area contributed by atoms with Crippen LogP contribution in [0.2, 0.25) is 0 Å². The summed E-state index contributed by atoms with van der Waals surface area (Å²) in [6.45, 7) is 2.38. The molecule has 0 saturated heterocycles. The minimum Gasteiger partial charge on any atom is -0.321 e. The lowest BCUT2D eigenvalue weighted by atomic mass is 10.2. The van der Waals surface area contributed by atoms with Crippen LogP contribution in [0.3, 0.4) is 0 Å². The fourth-order valence-corrected chi connectivity index (χ4v) is 1.95. The summed E-state index contributed by atoms with van der Waals surface area (Å²) in [5.41, 5.74) is 1.86. The molecule has 104 valence electrons. The van der Waals surface area contributed by atoms with Crippen LogP contribution in [0.15, 0.2) is 48.8 Å². The number of carbonyl (C=O) groups excluding carboxylic acids is 1. The molecule has 1 aromatic heterocycles. The van der Waals surface area contributed by atoms with Gasteiger partial charge in [-0.3, -0.25) is 4.79 Å². The Bertz CT molecular complexity index is 564. The molecule has 1 N–H and O–H groups in total. The molecule has 20 heavy (non-hydrogen) atoms. The number of aromatic nitrogens is 1. The Labute approximate surface area is 118 Å². The minimum absolute atomic E-state index is 0.134. The largest absolute Gasteiger partial charge is 0.321 e. The molecular weight excluding hydrogens is 255 g/mol. The lowest BCUT2D eigenvalue weighted by molar-refractivity contribution is -0.684. The molecule has 0 aliphatic carbocycles. The summed E-state index contributed by atoms with van der Waals surface area (Å²) in [7, 11) is 0. The van der Waals surface area contributed by atoms with E-state index in [1.807, 2.05) is 29.1 Å². The number of nitrogens with one attached hydrogen (secondary N) is 1. The molecular formula is C16H18FN2O+. The maximum absolute atomic E-state index is 12.8. The summed E-state index contributed by atoms with van der Waals surface area (Å²) >= 11 is 0. The molecule has 1 amide bonds. The summed E-state index contributed by atoms with van der Waals surface area (Å²) in [6, 6.07) is 9.78. The molecule has 1 heterocycles. The second-order valence-electron chi connectivity index (χ2n) is 4.68. The van der Waals surface area contributed by atoms with Gasteiger partial charge in [0.2, 0.25) is 6.54 Å². The molecule has 3 nitrogen and oxygen atoms in total. The lowest BCUT2D eigenvalue weighted by Gasteiger charge is -2.03. The number of anilines is 1. The maximum atomic E-state index is 12.8. The van der Waals surface area contributed by atoms with Gasteiger partial charge >= 0.3 is 0 Å². The number of rotatable bonds is 5. The molecule has 2 aromatic rings. The third kappa shape index (κ3) is 4.16. The van der Waals surface area contributed by atoms with Crippen LogP contribution in [-0.4, -0.2) is 5.91 Å². The number of halogens is 1. The van der Waals surface area contributed by atoms with Crippen LogP contribution < -0.4 is 9.88 Å². The SMILES string of the molecule is CCCc1cc[n+](CC(=O)Nc2ccc(F)cc2)cc1. The van der Waals surface area contributed by atoms with Crippen LogP contribution in [0.25, 0.3) is 0 Å². The van der Waals surface area contributed by atoms with E-state index in [1.165, 1.54) is 17.7 Å². The van der Waals surface area contributed by atoms with Crippen LogP contribution in [-0.2, 0) is 17.8 Å². The van der Waals surface area contributed by atoms with Crippen molar-refractivity contribution in [2.45, 2.75) is 26.3 Å². The molecule has 0 bridgehead atoms. The molecule has 0 saturated carbocycles. The molecule has 2 rings (SSSR count). The number of hydrogen-bond acceptors (Lipinski definition) is 1. The average Bonchev–Trinajstić information content (AvgIpc) is 2.44. The normalized spacial score (nSPS) is 10.3. The van der Waals surface area contributed by atoms with Gasteiger partial charge in [-0.1, -0.05) is 13.3 Å². The quantitative estimate of drug-likeness (QED) is 0.835. The standard InChI is InChI=1S/C16H17FN2O/c1-2-3-13-8-10-19(11-9-13)12-16(20)18-15-6-4-14(17)5-7-15/h4-11H,2-3,12H2,1H3/p+1. The number of benzene rings is 1. The topological polar surface area (TPSA) is 33.0 Å². The highest BCUT2D eigenvalue weighted by molar-refractivity contribution is 5.89. The average molecular weight is 273 g/mol. The van der Waals surface area contributed by atoms with Gasteiger partial charge < -0.3 is 5.32 Å². The predicted octanol–water partition coefficient (Wildman–Crippen LogP) is 2.70. The van der Waals surface area contributed by atoms with Crippen molar-refractivity contribution in [3.05, 3.63) is 60.2 Å². The highest BCUT2D eigenvalue weighted by Gasteiger charge is 2.09. The highest BCUT2D eigenvalue weighted by Crippen LogP contribution is 2.07. The monoisotopic (exact) mass is 273 g/mol. The van der Waals surface area contributed by atoms with Crippen LogP contribution in [0.1, 0.15) is 18.9 Å². The Hall–Kier alpha value is -2.23. The van der Waals surface area contributed by atoms with Crippen LogP contribution in [0.4, 0.5) is 10.1 Å². The first kappa shape index (κ1) is 14.2. The van der Waals surface area contributed by atoms with Crippen molar-refractivity contribution in [3.8, 4) is 0 Å². The van der Waals surface area contributed by atoms with E-state index >= 15 is 0 Å². The van der Waals surface area contributed by atoms with E-state index < -0.39 is 0 Å². The van der Waals surface area contributed by atoms with Crippen molar-refractivity contribution in [2.75, 3.05) is 5.32 Å². The van der Waals surface area contributed by atoms with Crippen molar-refractivity contribution >= 4 is 11.6 Å². The number of amides is 1. The summed E-state index contributed by atoms with van der Waals surface area (Å²) in [5.74, 6) is -0.450. The van der Waals surface area contributed by atoms with E-state index in [0.717, 1.165) is 12.8 Å². The van der Waals surface area contributed by atoms with Gasteiger partial charge in [-0.05, 0) is 36.2 Å². The maximum Gasteiger partial charge on any atom is 0.290 e. The fourth-order valence-electron chi connectivity index (χ4n) is 1.95. The molecule has 0 spiro atoms. The van der Waals surface area contributed by atoms with Crippen molar-refractivity contribution in [2.24, 2.45) is 0 Å². The Morgan fingerprint density at radius 1 is 1.15 bits per heavy atom. The van der Waals surface area contributed by atoms with Gasteiger partial charge in [-0.25, -0.2) is 4.39 Å². The fraction of sp³-hybridized carbons (Fsp3) is 0.250. The van der Waals surface area contributed by atoms with Gasteiger partial charge in [0.05, 0.1) is 0 Å². The van der Waals surface area contributed by atoms with E-state index in [4.69, 9.17) is 0 Å². The Morgan fingerprint density at radius 2 is 1.80 bits per heavy atom. The zero-order chi connectivity index (χ0) is 14.4. The summed E-state index contributed by atoms with van der Waals surface area (Å²) < 4.78 is 14.6. The first-order chi connectivity index (χ1) is 9.67. The second-order valence-corrected chi connectivity index (χ2v) is 4.68. The van der Waals surface area contributed by atoms with Crippen molar-refractivity contribution < 1.29 is 13.8 Å². The van der Waals surface area contributed by atoms with Gasteiger partial charge in [-0.2, -0.15) is 4.57 Å². The number of nitrogens with zero attached hydrogens (tertiary/aromatic N) is 1. The number of pyridine rings is 1. The van der Waals surface area contributed by atoms with Gasteiger partial charge in [0.25, 0.3) is 5.91 Å². The predicted molar refractivity (Wildman–Crippen MR) is 75.7 cm³/mol. The first-order valence-electron chi connectivity index (χ1n) is 6.71. The van der Waals surface area contributed by atoms with Crippen molar-refractivity contribution in [1.82, 2.24) is 0 Å². The molecule has 4 heteroatoms. The molecule has 0 aliphatic heterocycles. The third-order valence-electron chi connectivity index (χ3n) is 2.95. The highest BCUT2D eigenvalue weighted by atomic mass is 19.1. The van der Waals surface area contributed by atoms with E-state index in [1.54, 1.807) is 12.1 Å². The molecule has 0 aliphatic rings. The van der Waals surface area contributed by atoms with Crippen molar-refractivity contribution in [3.63, 3.8) is 0 Å². The second kappa shape index (κ2) is 6.80. The zero-order valence-corrected chi connectivity index (χ0v) is 11.5. The van der Waals surface area contributed by atoms with Crippen LogP contribution in [0, 0.1) is 5.82 Å². The Morgan fingerprint density at radius 3 is 2.40 bits per heavy atom. The minimum atomic E-state index is -0.316. The first-order valence-corrected chi connectivity index (χ1v) is 6.71.